The lowest BCUT2D eigenvalue weighted by Crippen LogP contribution is -2.42. The molecule has 0 saturated carbocycles. The van der Waals surface area contributed by atoms with Crippen LogP contribution in [0.15, 0.2) is 0 Å². The molecule has 184 valence electrons. The van der Waals surface area contributed by atoms with E-state index in [0.29, 0.717) is 6.42 Å². The second kappa shape index (κ2) is 16.8. The first kappa shape index (κ1) is 28.3. The first-order valence-electron chi connectivity index (χ1n) is 11.8. The molecule has 1 saturated heterocycles. The van der Waals surface area contributed by atoms with Gasteiger partial charge in [-0.15, -0.1) is 0 Å². The van der Waals surface area contributed by atoms with Crippen LogP contribution in [0, 0.1) is 0 Å². The topological polar surface area (TPSA) is 97.4 Å². The van der Waals surface area contributed by atoms with E-state index in [1.54, 1.807) is 6.92 Å². The molecule has 1 heterocycles. The Balaban J connectivity index is 2.34. The molecule has 0 aromatic rings. The van der Waals surface area contributed by atoms with E-state index in [4.69, 9.17) is 22.6 Å². The highest BCUT2D eigenvalue weighted by Crippen LogP contribution is 2.28. The van der Waals surface area contributed by atoms with Crippen molar-refractivity contribution in [3.05, 3.63) is 0 Å². The van der Waals surface area contributed by atoms with Gasteiger partial charge in [-0.05, 0) is 13.3 Å². The molecule has 0 bridgehead atoms. The molecule has 8 nitrogen and oxygen atoms in total. The summed E-state index contributed by atoms with van der Waals surface area (Å²) in [5, 5.41) is 0. The van der Waals surface area contributed by atoms with Crippen LogP contribution in [-0.2, 0) is 37.8 Å². The van der Waals surface area contributed by atoms with Crippen molar-refractivity contribution in [3.63, 3.8) is 0 Å². The van der Waals surface area contributed by atoms with Crippen molar-refractivity contribution in [2.75, 3.05) is 20.5 Å². The number of esters is 1. The van der Waals surface area contributed by atoms with Gasteiger partial charge in [-0.2, -0.15) is 8.42 Å². The predicted molar refractivity (Wildman–Crippen MR) is 118 cm³/mol. The van der Waals surface area contributed by atoms with Gasteiger partial charge in [0.15, 0.2) is 0 Å². The first-order chi connectivity index (χ1) is 14.9. The van der Waals surface area contributed by atoms with E-state index in [1.165, 1.54) is 64.9 Å². The number of ether oxygens (including phenoxy) is 3. The molecule has 1 aliphatic rings. The minimum Gasteiger partial charge on any atom is -0.464 e. The van der Waals surface area contributed by atoms with Gasteiger partial charge in [-0.3, -0.25) is 0 Å². The second-order valence-electron chi connectivity index (χ2n) is 8.03. The van der Waals surface area contributed by atoms with Gasteiger partial charge in [0.2, 0.25) is 6.10 Å². The van der Waals surface area contributed by atoms with Crippen LogP contribution < -0.4 is 0 Å². The van der Waals surface area contributed by atoms with Crippen LogP contribution in [0.25, 0.3) is 0 Å². The Labute approximate surface area is 188 Å². The first-order valence-corrected chi connectivity index (χ1v) is 13.2. The molecule has 0 spiro atoms. The molecule has 3 atom stereocenters. The van der Waals surface area contributed by atoms with Crippen molar-refractivity contribution in [3.8, 4) is 0 Å². The molecule has 1 aliphatic heterocycles. The Bertz CT molecular complexity index is 566. The van der Waals surface area contributed by atoms with E-state index < -0.39 is 34.7 Å². The Morgan fingerprint density at radius 2 is 1.42 bits per heavy atom. The maximum atomic E-state index is 12.1. The molecule has 0 aliphatic carbocycles. The predicted octanol–water partition coefficient (Wildman–Crippen LogP) is 4.66. The third-order valence-corrected chi connectivity index (χ3v) is 6.28. The summed E-state index contributed by atoms with van der Waals surface area (Å²) in [6.07, 6.45) is 12.2. The fourth-order valence-electron chi connectivity index (χ4n) is 3.73. The quantitative estimate of drug-likeness (QED) is 0.154. The lowest BCUT2D eigenvalue weighted by Gasteiger charge is -2.24. The van der Waals surface area contributed by atoms with Crippen LogP contribution in [0.3, 0.4) is 0 Å². The van der Waals surface area contributed by atoms with Crippen molar-refractivity contribution in [1.29, 1.82) is 0 Å². The maximum absolute atomic E-state index is 12.1. The van der Waals surface area contributed by atoms with Gasteiger partial charge in [-0.25, -0.2) is 13.2 Å². The zero-order valence-corrected chi connectivity index (χ0v) is 20.3. The summed E-state index contributed by atoms with van der Waals surface area (Å²) < 4.78 is 48.9. The molecule has 31 heavy (non-hydrogen) atoms. The van der Waals surface area contributed by atoms with Crippen molar-refractivity contribution >= 4 is 16.4 Å². The second-order valence-corrected chi connectivity index (χ2v) is 9.23. The maximum Gasteiger partial charge on any atom is 0.401 e. The highest BCUT2D eigenvalue weighted by Gasteiger charge is 2.49. The highest BCUT2D eigenvalue weighted by molar-refractivity contribution is 7.82. The van der Waals surface area contributed by atoms with E-state index in [9.17, 15) is 13.2 Å². The molecule has 1 fully saturated rings. The lowest BCUT2D eigenvalue weighted by atomic mass is 10.00. The van der Waals surface area contributed by atoms with Crippen molar-refractivity contribution < 1.29 is 35.8 Å². The van der Waals surface area contributed by atoms with Crippen molar-refractivity contribution in [1.82, 2.24) is 0 Å². The smallest absolute Gasteiger partial charge is 0.401 e. The summed E-state index contributed by atoms with van der Waals surface area (Å²) in [6, 6.07) is 0. The Kier molecular flexibility index (Phi) is 15.4. The van der Waals surface area contributed by atoms with E-state index in [0.717, 1.165) is 19.3 Å². The number of unbranched alkanes of at least 4 members (excludes halogenated alkanes) is 11. The molecule has 0 aromatic carbocycles. The zero-order valence-electron chi connectivity index (χ0n) is 19.5. The number of methoxy groups -OCH3 is 1. The summed E-state index contributed by atoms with van der Waals surface area (Å²) in [5.74, 6) is -0.769. The van der Waals surface area contributed by atoms with E-state index in [-0.39, 0.29) is 13.4 Å². The van der Waals surface area contributed by atoms with Crippen LogP contribution in [0.1, 0.15) is 97.3 Å². The molecule has 0 aromatic heterocycles. The monoisotopic (exact) mass is 466 g/mol. The molecule has 0 radical (unpaired) electrons. The van der Waals surface area contributed by atoms with Crippen LogP contribution in [0.5, 0.6) is 0 Å². The SMILES string of the molecule is CCCCCCCCCCCCCC[C@@H](OCOC)[C@H]1OS(=O)(=O)O[C@@H]1C(=O)OCC. The fraction of sp³-hybridized carbons (Fsp3) is 0.955. The van der Waals surface area contributed by atoms with Gasteiger partial charge in [0.05, 0.1) is 12.7 Å². The molecule has 1 rings (SSSR count). The van der Waals surface area contributed by atoms with Gasteiger partial charge in [0.1, 0.15) is 12.9 Å². The number of carbonyl (C=O) groups excluding carboxylic acids is 1. The van der Waals surface area contributed by atoms with E-state index in [2.05, 4.69) is 6.92 Å². The summed E-state index contributed by atoms with van der Waals surface area (Å²) >= 11 is 0. The van der Waals surface area contributed by atoms with E-state index >= 15 is 0 Å². The Morgan fingerprint density at radius 3 is 1.94 bits per heavy atom. The van der Waals surface area contributed by atoms with Gasteiger partial charge in [-0.1, -0.05) is 84.0 Å². The normalized spacial score (nSPS) is 21.3. The number of hydrogen-bond acceptors (Lipinski definition) is 8. The average Bonchev–Trinajstić information content (AvgIpc) is 3.06. The molecule has 0 N–H and O–H groups in total. The Hall–Kier alpha value is -0.740. The zero-order chi connectivity index (χ0) is 23.0. The van der Waals surface area contributed by atoms with Crippen LogP contribution >= 0.6 is 0 Å². The molecular weight excluding hydrogens is 424 g/mol. The highest BCUT2D eigenvalue weighted by atomic mass is 32.3. The van der Waals surface area contributed by atoms with Crippen molar-refractivity contribution in [2.24, 2.45) is 0 Å². The van der Waals surface area contributed by atoms with Gasteiger partial charge in [0.25, 0.3) is 0 Å². The Morgan fingerprint density at radius 1 is 0.871 bits per heavy atom. The van der Waals surface area contributed by atoms with Gasteiger partial charge in [0, 0.05) is 7.11 Å². The molecule has 9 heteroatoms. The molecule has 0 unspecified atom stereocenters. The minimum absolute atomic E-state index is 0.0294. The summed E-state index contributed by atoms with van der Waals surface area (Å²) in [4.78, 5) is 12.1. The van der Waals surface area contributed by atoms with Crippen LogP contribution in [-0.4, -0.2) is 53.2 Å². The number of hydrogen-bond donors (Lipinski definition) is 0. The third-order valence-electron chi connectivity index (χ3n) is 5.38. The summed E-state index contributed by atoms with van der Waals surface area (Å²) in [5.41, 5.74) is 0. The lowest BCUT2D eigenvalue weighted by molar-refractivity contribution is -0.159. The third kappa shape index (κ3) is 12.2. The molecular formula is C22H42O8S. The summed E-state index contributed by atoms with van der Waals surface area (Å²) in [6.45, 7) is 3.97. The fourth-order valence-corrected chi connectivity index (χ4v) is 4.71. The average molecular weight is 467 g/mol. The largest absolute Gasteiger partial charge is 0.464 e. The van der Waals surface area contributed by atoms with Gasteiger partial charge < -0.3 is 14.2 Å². The summed E-state index contributed by atoms with van der Waals surface area (Å²) in [7, 11) is -2.78. The van der Waals surface area contributed by atoms with Crippen LogP contribution in [0.2, 0.25) is 0 Å². The minimum atomic E-state index is -4.26. The van der Waals surface area contributed by atoms with Gasteiger partial charge >= 0.3 is 16.4 Å². The molecule has 0 amide bonds. The van der Waals surface area contributed by atoms with E-state index in [1.807, 2.05) is 0 Å². The van der Waals surface area contributed by atoms with Crippen LogP contribution in [0.4, 0.5) is 0 Å². The standard InChI is InChI=1S/C22H42O8S/c1-4-6-7-8-9-10-11-12-13-14-15-16-17-19(28-18-26-3)20-21(22(23)27-5-2)30-31(24,25)29-20/h19-21H,4-18H2,1-3H3/t19-,20-,21+/m1/s1. The van der Waals surface area contributed by atoms with Crippen molar-refractivity contribution in [2.45, 2.75) is 116 Å². The number of rotatable bonds is 19. The number of carbonyl (C=O) groups is 1.